The van der Waals surface area contributed by atoms with Gasteiger partial charge in [0.25, 0.3) is 0 Å². The third-order valence-electron chi connectivity index (χ3n) is 3.48. The lowest BCUT2D eigenvalue weighted by molar-refractivity contribution is -0.136. The van der Waals surface area contributed by atoms with Crippen molar-refractivity contribution in [1.82, 2.24) is 5.43 Å². The van der Waals surface area contributed by atoms with Crippen LogP contribution in [0, 0.1) is 0 Å². The lowest BCUT2D eigenvalue weighted by Crippen LogP contribution is -2.32. The fraction of sp³-hybridized carbons (Fsp3) is 0. The van der Waals surface area contributed by atoms with Crippen LogP contribution in [0.15, 0.2) is 75.6 Å². The van der Waals surface area contributed by atoms with Gasteiger partial charge in [0.15, 0.2) is 0 Å². The van der Waals surface area contributed by atoms with Crippen LogP contribution in [-0.4, -0.2) is 24.0 Å². The van der Waals surface area contributed by atoms with Crippen molar-refractivity contribution in [2.75, 3.05) is 5.32 Å². The molecule has 146 valence electrons. The molecule has 0 aliphatic rings. The van der Waals surface area contributed by atoms with Crippen LogP contribution in [0.2, 0.25) is 0 Å². The molecule has 0 saturated carbocycles. The minimum Gasteiger partial charge on any atom is -0.422 e. The van der Waals surface area contributed by atoms with Gasteiger partial charge in [-0.2, -0.15) is 5.10 Å². The Hall–Kier alpha value is -3.30. The molecule has 0 unspecified atom stereocenters. The lowest BCUT2D eigenvalue weighted by Gasteiger charge is -2.04. The average Bonchev–Trinajstić information content (AvgIpc) is 3.25. The van der Waals surface area contributed by atoms with Crippen molar-refractivity contribution in [3.63, 3.8) is 0 Å². The normalized spacial score (nSPS) is 10.5. The SMILES string of the molecule is O=C(N/N=C/c1cccc(OC(=O)c2cccs2)c1)C(=O)Nc1ccc(Br)cc1. The van der Waals surface area contributed by atoms with Crippen molar-refractivity contribution in [3.8, 4) is 5.75 Å². The number of amides is 2. The van der Waals surface area contributed by atoms with Gasteiger partial charge >= 0.3 is 17.8 Å². The summed E-state index contributed by atoms with van der Waals surface area (Å²) in [6.07, 6.45) is 1.34. The summed E-state index contributed by atoms with van der Waals surface area (Å²) in [6, 6.07) is 16.8. The molecule has 2 N–H and O–H groups in total. The summed E-state index contributed by atoms with van der Waals surface area (Å²) in [7, 11) is 0. The Labute approximate surface area is 178 Å². The highest BCUT2D eigenvalue weighted by Crippen LogP contribution is 2.17. The van der Waals surface area contributed by atoms with Crippen molar-refractivity contribution in [2.24, 2.45) is 5.10 Å². The number of halogens is 1. The zero-order valence-electron chi connectivity index (χ0n) is 14.8. The van der Waals surface area contributed by atoms with Crippen LogP contribution < -0.4 is 15.5 Å². The van der Waals surface area contributed by atoms with Crippen LogP contribution in [0.4, 0.5) is 5.69 Å². The Kier molecular flexibility index (Phi) is 6.88. The molecule has 3 aromatic rings. The number of hydrazone groups is 1. The number of anilines is 1. The number of hydrogen-bond donors (Lipinski definition) is 2. The molecule has 3 rings (SSSR count). The maximum absolute atomic E-state index is 12.0. The molecular formula is C20H14BrN3O4S. The van der Waals surface area contributed by atoms with Gasteiger partial charge in [-0.15, -0.1) is 11.3 Å². The largest absolute Gasteiger partial charge is 0.422 e. The van der Waals surface area contributed by atoms with Gasteiger partial charge in [0.1, 0.15) is 10.6 Å². The fourth-order valence-corrected chi connectivity index (χ4v) is 3.01. The summed E-state index contributed by atoms with van der Waals surface area (Å²) >= 11 is 4.57. The topological polar surface area (TPSA) is 96.9 Å². The summed E-state index contributed by atoms with van der Waals surface area (Å²) in [5, 5.41) is 8.00. The summed E-state index contributed by atoms with van der Waals surface area (Å²) in [5.41, 5.74) is 3.21. The molecule has 0 atom stereocenters. The standard InChI is InChI=1S/C20H14BrN3O4S/c21-14-6-8-15(9-7-14)23-18(25)19(26)24-22-12-13-3-1-4-16(11-13)28-20(27)17-5-2-10-29-17/h1-12H,(H,23,25)(H,24,26)/b22-12+. The average molecular weight is 472 g/mol. The number of ether oxygens (including phenoxy) is 1. The second kappa shape index (κ2) is 9.76. The maximum Gasteiger partial charge on any atom is 0.353 e. The van der Waals surface area contributed by atoms with Gasteiger partial charge in [-0.3, -0.25) is 9.59 Å². The van der Waals surface area contributed by atoms with Crippen LogP contribution in [0.3, 0.4) is 0 Å². The molecule has 9 heteroatoms. The van der Waals surface area contributed by atoms with E-state index in [0.717, 1.165) is 4.47 Å². The monoisotopic (exact) mass is 471 g/mol. The number of carbonyl (C=O) groups excluding carboxylic acids is 3. The van der Waals surface area contributed by atoms with Gasteiger partial charge < -0.3 is 10.1 Å². The molecule has 0 saturated heterocycles. The van der Waals surface area contributed by atoms with Gasteiger partial charge in [0.2, 0.25) is 0 Å². The van der Waals surface area contributed by atoms with Crippen molar-refractivity contribution in [2.45, 2.75) is 0 Å². The van der Waals surface area contributed by atoms with E-state index in [0.29, 0.717) is 21.9 Å². The number of rotatable bonds is 5. The molecule has 2 amide bonds. The molecule has 0 aliphatic carbocycles. The smallest absolute Gasteiger partial charge is 0.353 e. The number of thiophene rings is 1. The highest BCUT2D eigenvalue weighted by molar-refractivity contribution is 9.10. The number of nitrogens with zero attached hydrogens (tertiary/aromatic N) is 1. The molecule has 0 spiro atoms. The molecule has 0 bridgehead atoms. The van der Waals surface area contributed by atoms with Crippen LogP contribution in [-0.2, 0) is 9.59 Å². The van der Waals surface area contributed by atoms with Gasteiger partial charge in [-0.05, 0) is 53.4 Å². The van der Waals surface area contributed by atoms with Gasteiger partial charge in [-0.1, -0.05) is 34.1 Å². The van der Waals surface area contributed by atoms with Crippen LogP contribution in [0.25, 0.3) is 0 Å². The Morgan fingerprint density at radius 2 is 1.79 bits per heavy atom. The number of carbonyl (C=O) groups is 3. The zero-order valence-corrected chi connectivity index (χ0v) is 17.2. The first-order valence-corrected chi connectivity index (χ1v) is 9.94. The summed E-state index contributed by atoms with van der Waals surface area (Å²) in [6.45, 7) is 0. The zero-order chi connectivity index (χ0) is 20.6. The first-order valence-electron chi connectivity index (χ1n) is 8.27. The Morgan fingerprint density at radius 3 is 2.52 bits per heavy atom. The number of hydrogen-bond acceptors (Lipinski definition) is 6. The summed E-state index contributed by atoms with van der Waals surface area (Å²) < 4.78 is 6.15. The first kappa shape index (κ1) is 20.4. The molecule has 0 radical (unpaired) electrons. The molecule has 1 heterocycles. The molecular weight excluding hydrogens is 458 g/mol. The first-order chi connectivity index (χ1) is 14.0. The lowest BCUT2D eigenvalue weighted by atomic mass is 10.2. The van der Waals surface area contributed by atoms with Gasteiger partial charge in [0.05, 0.1) is 6.21 Å². The highest BCUT2D eigenvalue weighted by Gasteiger charge is 2.13. The van der Waals surface area contributed by atoms with E-state index in [4.69, 9.17) is 4.74 Å². The Bertz CT molecular complexity index is 1050. The number of benzene rings is 2. The van der Waals surface area contributed by atoms with E-state index in [1.54, 1.807) is 66.0 Å². The molecule has 2 aromatic carbocycles. The van der Waals surface area contributed by atoms with Crippen LogP contribution in [0.5, 0.6) is 5.75 Å². The number of esters is 1. The van der Waals surface area contributed by atoms with E-state index in [-0.39, 0.29) is 0 Å². The maximum atomic E-state index is 12.0. The fourth-order valence-electron chi connectivity index (χ4n) is 2.15. The van der Waals surface area contributed by atoms with Crippen molar-refractivity contribution >= 4 is 57.0 Å². The second-order valence-electron chi connectivity index (χ2n) is 5.60. The van der Waals surface area contributed by atoms with Crippen molar-refractivity contribution in [3.05, 3.63) is 81.0 Å². The Morgan fingerprint density at radius 1 is 1.00 bits per heavy atom. The van der Waals surface area contributed by atoms with E-state index in [2.05, 4.69) is 31.8 Å². The third kappa shape index (κ3) is 6.09. The summed E-state index contributed by atoms with van der Waals surface area (Å²) in [5.74, 6) is -1.87. The second-order valence-corrected chi connectivity index (χ2v) is 7.46. The van der Waals surface area contributed by atoms with Crippen LogP contribution in [0.1, 0.15) is 15.2 Å². The predicted octanol–water partition coefficient (Wildman–Crippen LogP) is 3.82. The molecule has 29 heavy (non-hydrogen) atoms. The van der Waals surface area contributed by atoms with E-state index in [1.807, 2.05) is 0 Å². The predicted molar refractivity (Wildman–Crippen MR) is 114 cm³/mol. The van der Waals surface area contributed by atoms with Gasteiger partial charge in [-0.25, -0.2) is 10.2 Å². The van der Waals surface area contributed by atoms with Crippen molar-refractivity contribution < 1.29 is 19.1 Å². The van der Waals surface area contributed by atoms with E-state index in [9.17, 15) is 14.4 Å². The third-order valence-corrected chi connectivity index (χ3v) is 4.86. The quantitative estimate of drug-likeness (QED) is 0.194. The van der Waals surface area contributed by atoms with E-state index >= 15 is 0 Å². The van der Waals surface area contributed by atoms with Crippen LogP contribution >= 0.6 is 27.3 Å². The molecule has 0 aliphatic heterocycles. The molecule has 0 fully saturated rings. The van der Waals surface area contributed by atoms with Crippen molar-refractivity contribution in [1.29, 1.82) is 0 Å². The highest BCUT2D eigenvalue weighted by atomic mass is 79.9. The van der Waals surface area contributed by atoms with E-state index in [1.165, 1.54) is 17.6 Å². The van der Waals surface area contributed by atoms with Gasteiger partial charge in [0, 0.05) is 10.2 Å². The Balaban J connectivity index is 1.54. The number of nitrogens with one attached hydrogen (secondary N) is 2. The minimum atomic E-state index is -0.913. The molecule has 1 aromatic heterocycles. The molecule has 7 nitrogen and oxygen atoms in total. The van der Waals surface area contributed by atoms with E-state index < -0.39 is 17.8 Å². The summed E-state index contributed by atoms with van der Waals surface area (Å²) in [4.78, 5) is 36.2. The minimum absolute atomic E-state index is 0.339.